The van der Waals surface area contributed by atoms with Gasteiger partial charge < -0.3 is 20.5 Å². The monoisotopic (exact) mass is 334 g/mol. The predicted octanol–water partition coefficient (Wildman–Crippen LogP) is 2.59. The topological polar surface area (TPSA) is 53.5 Å². The molecular formula is C18H23ClN2O2. The number of halogens is 1. The van der Waals surface area contributed by atoms with Gasteiger partial charge in [-0.05, 0) is 35.4 Å². The highest BCUT2D eigenvalue weighted by Crippen LogP contribution is 2.16. The molecule has 0 radical (unpaired) electrons. The molecule has 0 saturated heterocycles. The Hall–Kier alpha value is -1.59. The average Bonchev–Trinajstić information content (AvgIpc) is 2.57. The number of benzene rings is 2. The lowest BCUT2D eigenvalue weighted by molar-refractivity contribution is 0.292. The van der Waals surface area contributed by atoms with Crippen LogP contribution in [0.3, 0.4) is 0 Å². The second kappa shape index (κ2) is 10.2. The zero-order valence-electron chi connectivity index (χ0n) is 13.1. The van der Waals surface area contributed by atoms with Crippen LogP contribution in [-0.2, 0) is 13.2 Å². The molecule has 4 nitrogen and oxygen atoms in total. The van der Waals surface area contributed by atoms with Crippen LogP contribution in [-0.4, -0.2) is 31.3 Å². The molecule has 0 saturated carbocycles. The Bertz CT molecular complexity index is 575. The van der Waals surface area contributed by atoms with Crippen molar-refractivity contribution in [1.82, 2.24) is 10.6 Å². The van der Waals surface area contributed by atoms with Crippen molar-refractivity contribution in [2.24, 2.45) is 0 Å². The van der Waals surface area contributed by atoms with Gasteiger partial charge in [-0.25, -0.2) is 0 Å². The van der Waals surface area contributed by atoms with Gasteiger partial charge >= 0.3 is 0 Å². The minimum Gasteiger partial charge on any atom is -0.489 e. The second-order valence-corrected chi connectivity index (χ2v) is 5.65. The summed E-state index contributed by atoms with van der Waals surface area (Å²) < 4.78 is 5.76. The van der Waals surface area contributed by atoms with Crippen LogP contribution in [0, 0.1) is 0 Å². The lowest BCUT2D eigenvalue weighted by Gasteiger charge is -2.09. The summed E-state index contributed by atoms with van der Waals surface area (Å²) in [5.41, 5.74) is 2.26. The molecule has 0 atom stereocenters. The van der Waals surface area contributed by atoms with Crippen LogP contribution in [0.4, 0.5) is 0 Å². The summed E-state index contributed by atoms with van der Waals surface area (Å²) in [6.45, 7) is 3.86. The second-order valence-electron chi connectivity index (χ2n) is 5.21. The van der Waals surface area contributed by atoms with Crippen molar-refractivity contribution in [1.29, 1.82) is 0 Å². The van der Waals surface area contributed by atoms with Crippen LogP contribution in [0.2, 0.25) is 5.02 Å². The summed E-state index contributed by atoms with van der Waals surface area (Å²) in [5.74, 6) is 0.846. The van der Waals surface area contributed by atoms with Crippen LogP contribution >= 0.6 is 11.6 Å². The molecule has 0 unspecified atom stereocenters. The van der Waals surface area contributed by atoms with Crippen LogP contribution < -0.4 is 15.4 Å². The summed E-state index contributed by atoms with van der Waals surface area (Å²) >= 11 is 5.96. The van der Waals surface area contributed by atoms with Gasteiger partial charge in [-0.3, -0.25) is 0 Å². The lowest BCUT2D eigenvalue weighted by Crippen LogP contribution is -2.28. The zero-order chi connectivity index (χ0) is 16.3. The Labute approximate surface area is 142 Å². The van der Waals surface area contributed by atoms with E-state index in [-0.39, 0.29) is 6.61 Å². The van der Waals surface area contributed by atoms with E-state index in [1.165, 1.54) is 5.56 Å². The van der Waals surface area contributed by atoms with E-state index in [2.05, 4.69) is 22.8 Å². The summed E-state index contributed by atoms with van der Waals surface area (Å²) in [6.07, 6.45) is 0. The van der Waals surface area contributed by atoms with Crippen LogP contribution in [0.25, 0.3) is 0 Å². The normalized spacial score (nSPS) is 10.7. The van der Waals surface area contributed by atoms with E-state index in [0.29, 0.717) is 13.2 Å². The van der Waals surface area contributed by atoms with Gasteiger partial charge in [0.15, 0.2) is 0 Å². The molecule has 0 amide bonds. The Balaban J connectivity index is 1.70. The smallest absolute Gasteiger partial charge is 0.119 e. The molecule has 0 aliphatic carbocycles. The molecule has 2 aromatic carbocycles. The zero-order valence-corrected chi connectivity index (χ0v) is 13.9. The number of aliphatic hydroxyl groups excluding tert-OH is 1. The number of aliphatic hydroxyl groups is 1. The minimum absolute atomic E-state index is 0.177. The largest absolute Gasteiger partial charge is 0.489 e. The fourth-order valence-electron chi connectivity index (χ4n) is 2.11. The van der Waals surface area contributed by atoms with E-state index in [4.69, 9.17) is 21.4 Å². The van der Waals surface area contributed by atoms with Crippen molar-refractivity contribution >= 4 is 11.6 Å². The summed E-state index contributed by atoms with van der Waals surface area (Å²) in [6, 6.07) is 15.7. The third-order valence-corrected chi connectivity index (χ3v) is 3.55. The Morgan fingerprint density at radius 2 is 1.70 bits per heavy atom. The van der Waals surface area contributed by atoms with Crippen molar-refractivity contribution in [2.75, 3.05) is 26.2 Å². The van der Waals surface area contributed by atoms with Gasteiger partial charge in [0, 0.05) is 31.2 Å². The molecule has 0 heterocycles. The minimum atomic E-state index is 0.177. The molecule has 124 valence electrons. The standard InChI is InChI=1S/C18H23ClN2O2/c19-17-3-1-2-16(12-17)14-23-18-6-4-15(5-7-18)13-21-9-8-20-10-11-22/h1-7,12,20-22H,8-11,13-14H2. The molecule has 0 spiro atoms. The van der Waals surface area contributed by atoms with E-state index >= 15 is 0 Å². The van der Waals surface area contributed by atoms with E-state index in [1.54, 1.807) is 0 Å². The van der Waals surface area contributed by atoms with Gasteiger partial charge in [0.25, 0.3) is 0 Å². The number of rotatable bonds is 10. The molecule has 23 heavy (non-hydrogen) atoms. The molecule has 0 aliphatic heterocycles. The molecule has 0 aliphatic rings. The highest BCUT2D eigenvalue weighted by molar-refractivity contribution is 6.30. The van der Waals surface area contributed by atoms with Crippen molar-refractivity contribution < 1.29 is 9.84 Å². The van der Waals surface area contributed by atoms with Crippen molar-refractivity contribution in [3.63, 3.8) is 0 Å². The predicted molar refractivity (Wildman–Crippen MR) is 93.9 cm³/mol. The van der Waals surface area contributed by atoms with Crippen LogP contribution in [0.1, 0.15) is 11.1 Å². The van der Waals surface area contributed by atoms with Gasteiger partial charge in [-0.15, -0.1) is 0 Å². The maximum atomic E-state index is 8.66. The van der Waals surface area contributed by atoms with Crippen molar-refractivity contribution in [2.45, 2.75) is 13.2 Å². The number of nitrogens with one attached hydrogen (secondary N) is 2. The number of ether oxygens (including phenoxy) is 1. The van der Waals surface area contributed by atoms with E-state index in [9.17, 15) is 0 Å². The first-order chi connectivity index (χ1) is 11.3. The Morgan fingerprint density at radius 3 is 2.43 bits per heavy atom. The number of hydrogen-bond donors (Lipinski definition) is 3. The van der Waals surface area contributed by atoms with E-state index < -0.39 is 0 Å². The molecule has 0 fully saturated rings. The van der Waals surface area contributed by atoms with Gasteiger partial charge in [-0.1, -0.05) is 35.9 Å². The average molecular weight is 335 g/mol. The Morgan fingerprint density at radius 1 is 0.913 bits per heavy atom. The van der Waals surface area contributed by atoms with Gasteiger partial charge in [-0.2, -0.15) is 0 Å². The maximum Gasteiger partial charge on any atom is 0.119 e. The summed E-state index contributed by atoms with van der Waals surface area (Å²) in [4.78, 5) is 0. The highest BCUT2D eigenvalue weighted by atomic mass is 35.5. The van der Waals surface area contributed by atoms with E-state index in [1.807, 2.05) is 36.4 Å². The van der Waals surface area contributed by atoms with Gasteiger partial charge in [0.2, 0.25) is 0 Å². The van der Waals surface area contributed by atoms with Crippen LogP contribution in [0.5, 0.6) is 5.75 Å². The molecular weight excluding hydrogens is 312 g/mol. The van der Waals surface area contributed by atoms with Crippen molar-refractivity contribution in [3.05, 3.63) is 64.7 Å². The fraction of sp³-hybridized carbons (Fsp3) is 0.333. The first kappa shape index (κ1) is 17.8. The molecule has 3 N–H and O–H groups in total. The molecule has 5 heteroatoms. The van der Waals surface area contributed by atoms with Crippen molar-refractivity contribution in [3.8, 4) is 5.75 Å². The maximum absolute atomic E-state index is 8.66. The van der Waals surface area contributed by atoms with E-state index in [0.717, 1.165) is 36.0 Å². The summed E-state index contributed by atoms with van der Waals surface area (Å²) in [7, 11) is 0. The SMILES string of the molecule is OCCNCCNCc1ccc(OCc2cccc(Cl)c2)cc1. The first-order valence-corrected chi connectivity index (χ1v) is 8.14. The molecule has 2 aromatic rings. The number of hydrogen-bond acceptors (Lipinski definition) is 4. The third-order valence-electron chi connectivity index (χ3n) is 3.31. The summed E-state index contributed by atoms with van der Waals surface area (Å²) in [5, 5.41) is 15.8. The highest BCUT2D eigenvalue weighted by Gasteiger charge is 1.98. The quantitative estimate of drug-likeness (QED) is 0.585. The third kappa shape index (κ3) is 7.01. The Kier molecular flexibility index (Phi) is 7.90. The molecule has 0 bridgehead atoms. The first-order valence-electron chi connectivity index (χ1n) is 7.76. The van der Waals surface area contributed by atoms with Crippen LogP contribution in [0.15, 0.2) is 48.5 Å². The molecule has 0 aromatic heterocycles. The van der Waals surface area contributed by atoms with Gasteiger partial charge in [0.05, 0.1) is 6.61 Å². The fourth-order valence-corrected chi connectivity index (χ4v) is 2.32. The molecule has 2 rings (SSSR count). The van der Waals surface area contributed by atoms with Gasteiger partial charge in [0.1, 0.15) is 12.4 Å². The lowest BCUT2D eigenvalue weighted by atomic mass is 10.2.